The summed E-state index contributed by atoms with van der Waals surface area (Å²) < 4.78 is 5.41. The largest absolute Gasteiger partial charge is 0.464 e. The molecule has 110 valence electrons. The third-order valence-corrected chi connectivity index (χ3v) is 4.39. The molecule has 1 unspecified atom stereocenters. The number of rotatable bonds is 3. The van der Waals surface area contributed by atoms with Crippen molar-refractivity contribution in [3.63, 3.8) is 0 Å². The zero-order chi connectivity index (χ0) is 13.9. The molecule has 1 aromatic heterocycles. The van der Waals surface area contributed by atoms with E-state index in [1.165, 1.54) is 16.2 Å². The second-order valence-electron chi connectivity index (χ2n) is 5.90. The van der Waals surface area contributed by atoms with E-state index < -0.39 is 0 Å². The molecule has 0 amide bonds. The molecule has 0 spiro atoms. The standard InChI is InChI=1S/C15H24N4O/c1-18-6-5-14-12(10-18)9-16-15(17-14)11-19-7-3-13(20-2)4-8-19/h9,13,18H,1,3-8,10-11H2,2H3. The van der Waals surface area contributed by atoms with E-state index in [1.54, 1.807) is 7.11 Å². The van der Waals surface area contributed by atoms with Gasteiger partial charge in [0.25, 0.3) is 0 Å². The van der Waals surface area contributed by atoms with E-state index in [0.29, 0.717) is 6.10 Å². The molecule has 1 N–H and O–H groups in total. The monoisotopic (exact) mass is 276 g/mol. The van der Waals surface area contributed by atoms with Gasteiger partial charge >= 0.3 is 0 Å². The van der Waals surface area contributed by atoms with Crippen LogP contribution in [0.4, 0.5) is 0 Å². The van der Waals surface area contributed by atoms with Gasteiger partial charge in [0.15, 0.2) is 0 Å². The van der Waals surface area contributed by atoms with Crippen molar-refractivity contribution in [1.29, 1.82) is 0 Å². The fourth-order valence-electron chi connectivity index (χ4n) is 3.08. The summed E-state index contributed by atoms with van der Waals surface area (Å²) in [6, 6.07) is 0. The highest BCUT2D eigenvalue weighted by Crippen LogP contribution is 2.15. The number of likely N-dealkylation sites (tertiary alicyclic amines) is 1. The van der Waals surface area contributed by atoms with Crippen LogP contribution in [-0.2, 0) is 24.2 Å². The Morgan fingerprint density at radius 2 is 2.25 bits per heavy atom. The molecule has 0 saturated carbocycles. The number of quaternary nitrogens is 1. The van der Waals surface area contributed by atoms with E-state index in [2.05, 4.69) is 16.9 Å². The molecular weight excluding hydrogens is 252 g/mol. The van der Waals surface area contributed by atoms with Gasteiger partial charge in [0.2, 0.25) is 0 Å². The zero-order valence-electron chi connectivity index (χ0n) is 12.3. The fraction of sp³-hybridized carbons (Fsp3) is 0.667. The van der Waals surface area contributed by atoms with Crippen LogP contribution < -0.4 is 4.90 Å². The van der Waals surface area contributed by atoms with Crippen LogP contribution in [0.3, 0.4) is 0 Å². The quantitative estimate of drug-likeness (QED) is 0.778. The Balaban J connectivity index is 1.61. The third-order valence-electron chi connectivity index (χ3n) is 4.39. The number of piperidine rings is 1. The third kappa shape index (κ3) is 3.16. The second kappa shape index (κ2) is 6.16. The van der Waals surface area contributed by atoms with Crippen molar-refractivity contribution in [3.8, 4) is 0 Å². The van der Waals surface area contributed by atoms with E-state index in [1.807, 2.05) is 6.20 Å². The van der Waals surface area contributed by atoms with Crippen LogP contribution in [0.15, 0.2) is 6.20 Å². The summed E-state index contributed by atoms with van der Waals surface area (Å²) in [5, 5.41) is 0. The number of nitrogens with zero attached hydrogens (tertiary/aromatic N) is 3. The number of hydrogen-bond donors (Lipinski definition) is 1. The molecule has 1 aromatic rings. The Morgan fingerprint density at radius 1 is 1.45 bits per heavy atom. The first-order valence-electron chi connectivity index (χ1n) is 7.50. The minimum absolute atomic E-state index is 0.432. The molecule has 1 atom stereocenters. The first-order valence-corrected chi connectivity index (χ1v) is 7.50. The molecule has 0 aliphatic carbocycles. The summed E-state index contributed by atoms with van der Waals surface area (Å²) in [5.74, 6) is 0.965. The highest BCUT2D eigenvalue weighted by Gasteiger charge is 2.21. The minimum atomic E-state index is 0.432. The van der Waals surface area contributed by atoms with Gasteiger partial charge in [0.1, 0.15) is 5.82 Å². The number of hydrogen-bond acceptors (Lipinski definition) is 4. The SMILES string of the molecule is [CH2-][NH+]1CCc2nc(CN3CCC(OC)CC3)ncc2C1. The second-order valence-corrected chi connectivity index (χ2v) is 5.90. The lowest BCUT2D eigenvalue weighted by atomic mass is 10.1. The van der Waals surface area contributed by atoms with E-state index >= 15 is 0 Å². The van der Waals surface area contributed by atoms with Crippen molar-refractivity contribution in [3.05, 3.63) is 30.3 Å². The zero-order valence-corrected chi connectivity index (χ0v) is 12.3. The fourth-order valence-corrected chi connectivity index (χ4v) is 3.08. The van der Waals surface area contributed by atoms with Crippen molar-refractivity contribution in [1.82, 2.24) is 14.9 Å². The Kier molecular flexibility index (Phi) is 4.29. The number of ether oxygens (including phenoxy) is 1. The number of nitrogens with one attached hydrogen (secondary N) is 1. The molecule has 2 aliphatic heterocycles. The van der Waals surface area contributed by atoms with Gasteiger partial charge in [-0.2, -0.15) is 7.05 Å². The van der Waals surface area contributed by atoms with Gasteiger partial charge in [-0.15, -0.1) is 0 Å². The Bertz CT molecular complexity index is 457. The number of aromatic nitrogens is 2. The average Bonchev–Trinajstić information content (AvgIpc) is 2.48. The molecule has 1 fully saturated rings. The van der Waals surface area contributed by atoms with Crippen LogP contribution in [0.1, 0.15) is 29.9 Å². The van der Waals surface area contributed by atoms with Gasteiger partial charge in [-0.1, -0.05) is 0 Å². The normalized spacial score (nSPS) is 24.6. The molecule has 0 aromatic carbocycles. The van der Waals surface area contributed by atoms with Gasteiger partial charge in [-0.05, 0) is 12.8 Å². The van der Waals surface area contributed by atoms with E-state index in [4.69, 9.17) is 9.72 Å². The van der Waals surface area contributed by atoms with Crippen molar-refractivity contribution >= 4 is 0 Å². The van der Waals surface area contributed by atoms with Gasteiger partial charge in [0.05, 0.1) is 31.4 Å². The summed E-state index contributed by atoms with van der Waals surface area (Å²) in [6.07, 6.45) is 5.68. The van der Waals surface area contributed by atoms with E-state index in [9.17, 15) is 0 Å². The van der Waals surface area contributed by atoms with Crippen LogP contribution in [-0.4, -0.2) is 47.7 Å². The molecule has 3 heterocycles. The van der Waals surface area contributed by atoms with Crippen molar-refractivity contribution in [2.75, 3.05) is 26.7 Å². The Morgan fingerprint density at radius 3 is 3.00 bits per heavy atom. The molecule has 0 radical (unpaired) electrons. The molecule has 5 heteroatoms. The van der Waals surface area contributed by atoms with Crippen molar-refractivity contribution in [2.24, 2.45) is 0 Å². The maximum Gasteiger partial charge on any atom is 0.142 e. The topological polar surface area (TPSA) is 42.7 Å². The van der Waals surface area contributed by atoms with Crippen LogP contribution >= 0.6 is 0 Å². The smallest absolute Gasteiger partial charge is 0.142 e. The lowest BCUT2D eigenvalue weighted by Gasteiger charge is -2.31. The number of fused-ring (bicyclic) bond motifs is 1. The first-order chi connectivity index (χ1) is 9.74. The van der Waals surface area contributed by atoms with E-state index in [0.717, 1.165) is 57.8 Å². The van der Waals surface area contributed by atoms with Gasteiger partial charge in [-0.25, -0.2) is 9.97 Å². The lowest BCUT2D eigenvalue weighted by molar-refractivity contribution is -0.870. The van der Waals surface area contributed by atoms with Crippen LogP contribution in [0.25, 0.3) is 0 Å². The van der Waals surface area contributed by atoms with Crippen LogP contribution in [0, 0.1) is 7.05 Å². The molecule has 20 heavy (non-hydrogen) atoms. The van der Waals surface area contributed by atoms with Crippen molar-refractivity contribution < 1.29 is 9.64 Å². The summed E-state index contributed by atoms with van der Waals surface area (Å²) >= 11 is 0. The molecule has 3 rings (SSSR count). The van der Waals surface area contributed by atoms with Gasteiger partial charge in [0, 0.05) is 38.4 Å². The van der Waals surface area contributed by atoms with Crippen LogP contribution in [0.2, 0.25) is 0 Å². The first kappa shape index (κ1) is 13.9. The molecule has 0 bridgehead atoms. The lowest BCUT2D eigenvalue weighted by Crippen LogP contribution is -3.06. The van der Waals surface area contributed by atoms with Gasteiger partial charge in [-0.3, -0.25) is 4.90 Å². The summed E-state index contributed by atoms with van der Waals surface area (Å²) in [7, 11) is 5.87. The maximum absolute atomic E-state index is 5.41. The highest BCUT2D eigenvalue weighted by molar-refractivity contribution is 5.18. The van der Waals surface area contributed by atoms with Crippen LogP contribution in [0.5, 0.6) is 0 Å². The number of methoxy groups -OCH3 is 1. The average molecular weight is 276 g/mol. The summed E-state index contributed by atoms with van der Waals surface area (Å²) in [4.78, 5) is 13.0. The molecular formula is C15H24N4O. The summed E-state index contributed by atoms with van der Waals surface area (Å²) in [5.41, 5.74) is 2.50. The maximum atomic E-state index is 5.41. The Hall–Kier alpha value is -1.04. The minimum Gasteiger partial charge on any atom is -0.464 e. The van der Waals surface area contributed by atoms with E-state index in [-0.39, 0.29) is 0 Å². The molecule has 1 saturated heterocycles. The summed E-state index contributed by atoms with van der Waals surface area (Å²) in [6.45, 7) is 5.05. The molecule has 2 aliphatic rings. The van der Waals surface area contributed by atoms with Crippen molar-refractivity contribution in [2.45, 2.75) is 38.5 Å². The predicted molar refractivity (Wildman–Crippen MR) is 75.9 cm³/mol. The Labute approximate surface area is 121 Å². The predicted octanol–water partition coefficient (Wildman–Crippen LogP) is -0.180. The highest BCUT2D eigenvalue weighted by atomic mass is 16.5. The molecule has 5 nitrogen and oxygen atoms in total. The van der Waals surface area contributed by atoms with Gasteiger partial charge < -0.3 is 9.64 Å².